The fraction of sp³-hybridized carbons (Fsp3) is 0.174. The molecular formula is C23H24N4O3. The van der Waals surface area contributed by atoms with E-state index in [1.54, 1.807) is 37.7 Å². The van der Waals surface area contributed by atoms with Crippen LogP contribution in [0.2, 0.25) is 0 Å². The SMILES string of the molecule is COc1ccc(C(=O)NC(=NCc2cccnc2)Nc2ccc(C)cc2)cc1OC. The van der Waals surface area contributed by atoms with Gasteiger partial charge in [-0.3, -0.25) is 15.1 Å². The van der Waals surface area contributed by atoms with E-state index in [4.69, 9.17) is 9.47 Å². The summed E-state index contributed by atoms with van der Waals surface area (Å²) in [6, 6.07) is 16.6. The topological polar surface area (TPSA) is 84.8 Å². The van der Waals surface area contributed by atoms with E-state index < -0.39 is 0 Å². The zero-order valence-corrected chi connectivity index (χ0v) is 17.2. The Morgan fingerprint density at radius 3 is 2.47 bits per heavy atom. The minimum Gasteiger partial charge on any atom is -0.493 e. The van der Waals surface area contributed by atoms with Crippen LogP contribution in [0.4, 0.5) is 5.69 Å². The number of nitrogens with zero attached hydrogens (tertiary/aromatic N) is 2. The van der Waals surface area contributed by atoms with Crippen LogP contribution in [0.5, 0.6) is 11.5 Å². The first-order valence-electron chi connectivity index (χ1n) is 9.39. The fourth-order valence-electron chi connectivity index (χ4n) is 2.70. The van der Waals surface area contributed by atoms with Crippen LogP contribution >= 0.6 is 0 Å². The van der Waals surface area contributed by atoms with Gasteiger partial charge in [0.1, 0.15) is 0 Å². The molecule has 0 fully saturated rings. The van der Waals surface area contributed by atoms with Crippen LogP contribution in [0.3, 0.4) is 0 Å². The highest BCUT2D eigenvalue weighted by atomic mass is 16.5. The molecule has 0 unspecified atom stereocenters. The number of nitrogens with one attached hydrogen (secondary N) is 2. The summed E-state index contributed by atoms with van der Waals surface area (Å²) in [5.74, 6) is 1.05. The maximum Gasteiger partial charge on any atom is 0.258 e. The van der Waals surface area contributed by atoms with E-state index in [1.807, 2.05) is 43.3 Å². The molecule has 0 bridgehead atoms. The molecule has 154 valence electrons. The number of benzene rings is 2. The van der Waals surface area contributed by atoms with Crippen molar-refractivity contribution >= 4 is 17.6 Å². The molecule has 0 atom stereocenters. The van der Waals surface area contributed by atoms with Gasteiger partial charge in [0, 0.05) is 23.6 Å². The smallest absolute Gasteiger partial charge is 0.258 e. The molecule has 0 aliphatic heterocycles. The molecule has 0 spiro atoms. The van der Waals surface area contributed by atoms with E-state index in [2.05, 4.69) is 20.6 Å². The van der Waals surface area contributed by atoms with Gasteiger partial charge in [-0.05, 0) is 48.9 Å². The Morgan fingerprint density at radius 2 is 1.80 bits per heavy atom. The Balaban J connectivity index is 1.81. The fourth-order valence-corrected chi connectivity index (χ4v) is 2.70. The highest BCUT2D eigenvalue weighted by Gasteiger charge is 2.13. The number of aliphatic imine (C=N–C) groups is 1. The normalized spacial score (nSPS) is 11.0. The van der Waals surface area contributed by atoms with Crippen LogP contribution in [-0.2, 0) is 6.54 Å². The number of aromatic nitrogens is 1. The van der Waals surface area contributed by atoms with E-state index in [9.17, 15) is 4.79 Å². The summed E-state index contributed by atoms with van der Waals surface area (Å²) in [7, 11) is 3.07. The molecule has 0 saturated heterocycles. The second-order valence-electron chi connectivity index (χ2n) is 6.54. The van der Waals surface area contributed by atoms with Crippen molar-refractivity contribution in [2.45, 2.75) is 13.5 Å². The van der Waals surface area contributed by atoms with Gasteiger partial charge in [-0.25, -0.2) is 4.99 Å². The Kier molecular flexibility index (Phi) is 7.00. The lowest BCUT2D eigenvalue weighted by Gasteiger charge is -2.13. The number of aryl methyl sites for hydroxylation is 1. The predicted octanol–water partition coefficient (Wildman–Crippen LogP) is 3.81. The van der Waals surface area contributed by atoms with Gasteiger partial charge in [0.25, 0.3) is 5.91 Å². The van der Waals surface area contributed by atoms with Crippen molar-refractivity contribution in [3.8, 4) is 11.5 Å². The summed E-state index contributed by atoms with van der Waals surface area (Å²) >= 11 is 0. The average Bonchev–Trinajstić information content (AvgIpc) is 2.79. The zero-order valence-electron chi connectivity index (χ0n) is 17.2. The molecule has 0 saturated carbocycles. The minimum absolute atomic E-state index is 0.319. The summed E-state index contributed by atoms with van der Waals surface area (Å²) in [5.41, 5.74) is 3.32. The van der Waals surface area contributed by atoms with Gasteiger partial charge in [0.05, 0.1) is 20.8 Å². The number of hydrogen-bond acceptors (Lipinski definition) is 5. The van der Waals surface area contributed by atoms with Gasteiger partial charge in [-0.2, -0.15) is 0 Å². The van der Waals surface area contributed by atoms with Crippen molar-refractivity contribution in [1.82, 2.24) is 10.3 Å². The van der Waals surface area contributed by atoms with Crippen LogP contribution in [0.1, 0.15) is 21.5 Å². The molecule has 0 aliphatic carbocycles. The number of amides is 1. The quantitative estimate of drug-likeness (QED) is 0.482. The van der Waals surface area contributed by atoms with Crippen LogP contribution in [0.25, 0.3) is 0 Å². The molecule has 7 heteroatoms. The number of carbonyl (C=O) groups excluding carboxylic acids is 1. The van der Waals surface area contributed by atoms with Crippen LogP contribution < -0.4 is 20.1 Å². The molecule has 2 N–H and O–H groups in total. The lowest BCUT2D eigenvalue weighted by Crippen LogP contribution is -2.36. The number of anilines is 1. The van der Waals surface area contributed by atoms with Crippen molar-refractivity contribution < 1.29 is 14.3 Å². The molecule has 1 amide bonds. The number of guanidine groups is 1. The standard InChI is InChI=1S/C23H24N4O3/c1-16-6-9-19(10-7-16)26-23(25-15-17-5-4-12-24-14-17)27-22(28)18-8-11-20(29-2)21(13-18)30-3/h4-14H,15H2,1-3H3,(H2,25,26,27,28). The molecule has 30 heavy (non-hydrogen) atoms. The van der Waals surface area contributed by atoms with Crippen molar-refractivity contribution in [3.05, 3.63) is 83.7 Å². The van der Waals surface area contributed by atoms with Gasteiger partial charge in [0.15, 0.2) is 11.5 Å². The van der Waals surface area contributed by atoms with Gasteiger partial charge in [-0.1, -0.05) is 23.8 Å². The van der Waals surface area contributed by atoms with E-state index in [0.29, 0.717) is 29.6 Å². The lowest BCUT2D eigenvalue weighted by molar-refractivity contribution is 0.0976. The molecule has 7 nitrogen and oxygen atoms in total. The van der Waals surface area contributed by atoms with Crippen LogP contribution in [0.15, 0.2) is 72.0 Å². The van der Waals surface area contributed by atoms with E-state index in [-0.39, 0.29) is 5.91 Å². The average molecular weight is 404 g/mol. The molecular weight excluding hydrogens is 380 g/mol. The number of methoxy groups -OCH3 is 2. The first kappa shape index (κ1) is 20.9. The Labute approximate surface area is 175 Å². The zero-order chi connectivity index (χ0) is 21.3. The summed E-state index contributed by atoms with van der Waals surface area (Å²) in [6.07, 6.45) is 3.45. The molecule has 1 aromatic heterocycles. The Morgan fingerprint density at radius 1 is 1.03 bits per heavy atom. The third-order valence-electron chi connectivity index (χ3n) is 4.33. The van der Waals surface area contributed by atoms with Crippen molar-refractivity contribution in [2.24, 2.45) is 4.99 Å². The van der Waals surface area contributed by atoms with Crippen LogP contribution in [0, 0.1) is 6.92 Å². The van der Waals surface area contributed by atoms with Crippen molar-refractivity contribution in [3.63, 3.8) is 0 Å². The first-order chi connectivity index (χ1) is 14.6. The van der Waals surface area contributed by atoms with Crippen molar-refractivity contribution in [2.75, 3.05) is 19.5 Å². The summed E-state index contributed by atoms with van der Waals surface area (Å²) in [5, 5.41) is 6.01. The summed E-state index contributed by atoms with van der Waals surface area (Å²) in [4.78, 5) is 21.5. The van der Waals surface area contributed by atoms with E-state index >= 15 is 0 Å². The molecule has 0 aliphatic rings. The van der Waals surface area contributed by atoms with Crippen LogP contribution in [-0.4, -0.2) is 31.1 Å². The third kappa shape index (κ3) is 5.57. The maximum absolute atomic E-state index is 12.8. The molecule has 0 radical (unpaired) electrons. The number of pyridine rings is 1. The second kappa shape index (κ2) is 10.1. The van der Waals surface area contributed by atoms with E-state index in [1.165, 1.54) is 7.11 Å². The molecule has 3 aromatic rings. The lowest BCUT2D eigenvalue weighted by atomic mass is 10.2. The largest absolute Gasteiger partial charge is 0.493 e. The van der Waals surface area contributed by atoms with Gasteiger partial charge in [-0.15, -0.1) is 0 Å². The van der Waals surface area contributed by atoms with Crippen molar-refractivity contribution in [1.29, 1.82) is 0 Å². The molecule has 1 heterocycles. The number of ether oxygens (including phenoxy) is 2. The summed E-state index contributed by atoms with van der Waals surface area (Å²) < 4.78 is 10.5. The highest BCUT2D eigenvalue weighted by Crippen LogP contribution is 2.27. The van der Waals surface area contributed by atoms with Gasteiger partial charge >= 0.3 is 0 Å². The maximum atomic E-state index is 12.8. The number of carbonyl (C=O) groups is 1. The Hall–Kier alpha value is -3.87. The third-order valence-corrected chi connectivity index (χ3v) is 4.33. The van der Waals surface area contributed by atoms with E-state index in [0.717, 1.165) is 16.8 Å². The number of rotatable bonds is 6. The minimum atomic E-state index is -0.319. The molecule has 3 rings (SSSR count). The summed E-state index contributed by atoms with van der Waals surface area (Å²) in [6.45, 7) is 2.38. The molecule has 2 aromatic carbocycles. The Bertz CT molecular complexity index is 1020. The first-order valence-corrected chi connectivity index (χ1v) is 9.39. The van der Waals surface area contributed by atoms with Gasteiger partial charge < -0.3 is 14.8 Å². The number of hydrogen-bond donors (Lipinski definition) is 2. The highest BCUT2D eigenvalue weighted by molar-refractivity contribution is 6.10. The predicted molar refractivity (Wildman–Crippen MR) is 117 cm³/mol. The monoisotopic (exact) mass is 404 g/mol. The van der Waals surface area contributed by atoms with Gasteiger partial charge in [0.2, 0.25) is 5.96 Å². The second-order valence-corrected chi connectivity index (χ2v) is 6.54.